The first-order chi connectivity index (χ1) is 18.0. The highest BCUT2D eigenvalue weighted by Crippen LogP contribution is 2.17. The van der Waals surface area contributed by atoms with E-state index in [-0.39, 0.29) is 28.8 Å². The fourth-order valence-electron chi connectivity index (χ4n) is 3.47. The zero-order valence-corrected chi connectivity index (χ0v) is 22.5. The van der Waals surface area contributed by atoms with Crippen LogP contribution in [0.4, 0.5) is 0 Å². The number of aliphatic carboxylic acids is 1. The molecule has 15 heteroatoms. The molecule has 0 aliphatic rings. The second kappa shape index (κ2) is 13.6. The Morgan fingerprint density at radius 2 is 1.85 bits per heavy atom. The molecule has 1 unspecified atom stereocenters. The third-order valence-corrected chi connectivity index (χ3v) is 7.38. The second-order valence-corrected chi connectivity index (χ2v) is 10.1. The number of carboxylic acid groups (broad SMARTS) is 1. The van der Waals surface area contributed by atoms with Crippen LogP contribution in [0.1, 0.15) is 16.8 Å². The quantitative estimate of drug-likeness (QED) is 0.132. The maximum atomic E-state index is 12.8. The topological polar surface area (TPSA) is 199 Å². The molecule has 0 aliphatic carbocycles. The number of carbonyl (C=O) groups excluding carboxylic acids is 1. The van der Waals surface area contributed by atoms with Gasteiger partial charge in [-0.3, -0.25) is 23.8 Å². The molecule has 1 atom stereocenters. The minimum Gasteiger partial charge on any atom is -0.492 e. The van der Waals surface area contributed by atoms with Gasteiger partial charge in [-0.2, -0.15) is 4.31 Å². The van der Waals surface area contributed by atoms with Crippen molar-refractivity contribution in [3.63, 3.8) is 0 Å². The molecule has 3 aromatic rings. The molecule has 210 valence electrons. The van der Waals surface area contributed by atoms with Gasteiger partial charge in [0.1, 0.15) is 11.8 Å². The lowest BCUT2D eigenvalue weighted by Gasteiger charge is -2.24. The molecule has 2 heterocycles. The first-order valence-corrected chi connectivity index (χ1v) is 12.8. The van der Waals surface area contributed by atoms with Gasteiger partial charge in [0.25, 0.3) is 11.5 Å². The van der Waals surface area contributed by atoms with Crippen molar-refractivity contribution in [3.05, 3.63) is 76.7 Å². The number of likely N-dealkylation sites (N-methyl/N-ethyl adjacent to an activating group) is 1. The molecule has 0 bridgehead atoms. The third kappa shape index (κ3) is 7.92. The average molecular weight is 581 g/mol. The summed E-state index contributed by atoms with van der Waals surface area (Å²) in [4.78, 5) is 41.0. The maximum absolute atomic E-state index is 12.8. The predicted octanol–water partition coefficient (Wildman–Crippen LogP) is 0.267. The molecule has 39 heavy (non-hydrogen) atoms. The standard InChI is InChI=1S/C24H28N6O7S.ClH/c1-29(38(35,36)19-6-3-2-4-7-19)20(23(33)34)14-28-22(32)16-12-17-8-9-18(15-30(17)21(31)13-16)37-11-5-10-27-24(25)26;/h2-4,6-9,12-13,15,20H,5,10-11,14H2,1H3,(H,28,32)(H,33,34)(H4,25,26,27);1H. The van der Waals surface area contributed by atoms with E-state index >= 15 is 0 Å². The molecular formula is C24H29ClN6O7S. The Labute approximate surface area is 230 Å². The van der Waals surface area contributed by atoms with E-state index < -0.39 is 40.0 Å². The lowest BCUT2D eigenvalue weighted by Crippen LogP contribution is -2.49. The summed E-state index contributed by atoms with van der Waals surface area (Å²) in [5.41, 5.74) is 10.4. The van der Waals surface area contributed by atoms with E-state index in [0.29, 0.717) is 35.1 Å². The lowest BCUT2D eigenvalue weighted by atomic mass is 10.2. The zero-order valence-electron chi connectivity index (χ0n) is 20.9. The van der Waals surface area contributed by atoms with Crippen LogP contribution in [0.2, 0.25) is 0 Å². The molecule has 6 N–H and O–H groups in total. The number of nitrogens with two attached hydrogens (primary N) is 2. The number of aliphatic imine (C=N–C) groups is 1. The van der Waals surface area contributed by atoms with Crippen LogP contribution in [0.5, 0.6) is 5.75 Å². The second-order valence-electron chi connectivity index (χ2n) is 8.15. The van der Waals surface area contributed by atoms with Crippen molar-refractivity contribution < 1.29 is 27.9 Å². The van der Waals surface area contributed by atoms with Crippen LogP contribution in [-0.4, -0.2) is 72.9 Å². The first kappa shape index (κ1) is 31.1. The molecule has 1 aromatic carbocycles. The van der Waals surface area contributed by atoms with Crippen molar-refractivity contribution in [1.29, 1.82) is 0 Å². The van der Waals surface area contributed by atoms with E-state index in [1.165, 1.54) is 40.9 Å². The Bertz CT molecular complexity index is 1510. The van der Waals surface area contributed by atoms with E-state index in [9.17, 15) is 27.9 Å². The number of nitrogens with zero attached hydrogens (tertiary/aromatic N) is 3. The summed E-state index contributed by atoms with van der Waals surface area (Å²) < 4.78 is 33.2. The van der Waals surface area contributed by atoms with Gasteiger partial charge < -0.3 is 26.6 Å². The highest BCUT2D eigenvalue weighted by molar-refractivity contribution is 7.89. The van der Waals surface area contributed by atoms with Gasteiger partial charge in [0.2, 0.25) is 10.0 Å². The largest absolute Gasteiger partial charge is 0.492 e. The summed E-state index contributed by atoms with van der Waals surface area (Å²) in [5, 5.41) is 12.0. The highest BCUT2D eigenvalue weighted by atomic mass is 35.5. The molecule has 0 saturated carbocycles. The number of guanidine groups is 1. The number of hydrogen-bond acceptors (Lipinski definition) is 7. The van der Waals surface area contributed by atoms with Crippen LogP contribution in [0.3, 0.4) is 0 Å². The number of amides is 1. The van der Waals surface area contributed by atoms with E-state index in [4.69, 9.17) is 16.2 Å². The number of ether oxygens (including phenoxy) is 1. The van der Waals surface area contributed by atoms with Crippen molar-refractivity contribution in [2.75, 3.05) is 26.7 Å². The van der Waals surface area contributed by atoms with Gasteiger partial charge in [-0.1, -0.05) is 18.2 Å². The van der Waals surface area contributed by atoms with Crippen LogP contribution >= 0.6 is 12.4 Å². The van der Waals surface area contributed by atoms with E-state index in [1.807, 2.05) is 0 Å². The predicted molar refractivity (Wildman–Crippen MR) is 147 cm³/mol. The van der Waals surface area contributed by atoms with E-state index in [0.717, 1.165) is 13.1 Å². The smallest absolute Gasteiger partial charge is 0.323 e. The van der Waals surface area contributed by atoms with Gasteiger partial charge in [0.15, 0.2) is 5.96 Å². The molecular weight excluding hydrogens is 552 g/mol. The van der Waals surface area contributed by atoms with Crippen LogP contribution in [0.25, 0.3) is 5.52 Å². The first-order valence-electron chi connectivity index (χ1n) is 11.4. The van der Waals surface area contributed by atoms with Gasteiger partial charge >= 0.3 is 5.97 Å². The number of rotatable bonds is 12. The van der Waals surface area contributed by atoms with Gasteiger partial charge in [0.05, 0.1) is 17.7 Å². The summed E-state index contributed by atoms with van der Waals surface area (Å²) in [6.07, 6.45) is 2.03. The Balaban J connectivity index is 0.00000533. The zero-order chi connectivity index (χ0) is 27.9. The average Bonchev–Trinajstić information content (AvgIpc) is 2.88. The van der Waals surface area contributed by atoms with Crippen LogP contribution in [-0.2, 0) is 14.8 Å². The number of benzene rings is 1. The number of fused-ring (bicyclic) bond motifs is 1. The summed E-state index contributed by atoms with van der Waals surface area (Å²) in [5.74, 6) is -1.77. The van der Waals surface area contributed by atoms with Crippen molar-refractivity contribution >= 4 is 45.8 Å². The molecule has 0 aliphatic heterocycles. The molecule has 1 amide bonds. The molecule has 0 spiro atoms. The van der Waals surface area contributed by atoms with Crippen LogP contribution in [0, 0.1) is 0 Å². The van der Waals surface area contributed by atoms with E-state index in [1.54, 1.807) is 18.2 Å². The fraction of sp³-hybridized carbons (Fsp3) is 0.250. The number of pyridine rings is 2. The number of sulfonamides is 1. The minimum absolute atomic E-state index is 0. The molecule has 0 fully saturated rings. The van der Waals surface area contributed by atoms with Crippen LogP contribution < -0.4 is 27.1 Å². The fourth-order valence-corrected chi connectivity index (χ4v) is 4.81. The summed E-state index contributed by atoms with van der Waals surface area (Å²) >= 11 is 0. The Morgan fingerprint density at radius 3 is 2.49 bits per heavy atom. The monoisotopic (exact) mass is 580 g/mol. The Morgan fingerprint density at radius 1 is 1.15 bits per heavy atom. The lowest BCUT2D eigenvalue weighted by molar-refractivity contribution is -0.140. The molecule has 0 saturated heterocycles. The third-order valence-electron chi connectivity index (χ3n) is 5.50. The van der Waals surface area contributed by atoms with Crippen molar-refractivity contribution in [3.8, 4) is 5.75 Å². The molecule has 2 aromatic heterocycles. The normalized spacial score (nSPS) is 11.8. The number of hydrogen-bond donors (Lipinski definition) is 4. The summed E-state index contributed by atoms with van der Waals surface area (Å²) in [7, 11) is -3.01. The number of halogens is 1. The SMILES string of the molecule is CN(C(CNC(=O)c1cc(=O)n2cc(OCCCN=C(N)N)ccc2c1)C(=O)O)S(=O)(=O)c1ccccc1.Cl. The van der Waals surface area contributed by atoms with Crippen LogP contribution in [0.15, 0.2) is 75.5 Å². The van der Waals surface area contributed by atoms with Crippen molar-refractivity contribution in [1.82, 2.24) is 14.0 Å². The molecule has 3 rings (SSSR count). The van der Waals surface area contributed by atoms with Crippen molar-refractivity contribution in [2.45, 2.75) is 17.4 Å². The van der Waals surface area contributed by atoms with E-state index in [2.05, 4.69) is 10.3 Å². The van der Waals surface area contributed by atoms with Gasteiger partial charge in [-0.15, -0.1) is 12.4 Å². The number of nitrogens with one attached hydrogen (secondary N) is 1. The maximum Gasteiger partial charge on any atom is 0.323 e. The minimum atomic E-state index is -4.13. The number of carbonyl (C=O) groups is 2. The summed E-state index contributed by atoms with van der Waals surface area (Å²) in [6, 6.07) is 11.5. The Kier molecular flexibility index (Phi) is 10.8. The Hall–Kier alpha value is -4.14. The number of aromatic nitrogens is 1. The number of carboxylic acids is 1. The highest BCUT2D eigenvalue weighted by Gasteiger charge is 2.33. The molecule has 13 nitrogen and oxygen atoms in total. The molecule has 0 radical (unpaired) electrons. The van der Waals surface area contributed by atoms with Gasteiger partial charge in [-0.25, -0.2) is 8.42 Å². The summed E-state index contributed by atoms with van der Waals surface area (Å²) in [6.45, 7) is 0.185. The van der Waals surface area contributed by atoms with Crippen molar-refractivity contribution in [2.24, 2.45) is 16.5 Å². The van der Waals surface area contributed by atoms with Gasteiger partial charge in [0, 0.05) is 43.7 Å². The van der Waals surface area contributed by atoms with Gasteiger partial charge in [-0.05, 0) is 30.3 Å².